The molecule has 2 aliphatic rings. The molecule has 2 atom stereocenters. The van der Waals surface area contributed by atoms with Crippen LogP contribution < -0.4 is 0 Å². The predicted molar refractivity (Wildman–Crippen MR) is 107 cm³/mol. The Morgan fingerprint density at radius 2 is 2.00 bits per heavy atom. The SMILES string of the molecule is Cc1nc(C(=O)N2CC3CN(C(=O)c4cc(CC(C)C)no4)CC3(CO)C2)cs1. The molecule has 4 heterocycles. The minimum atomic E-state index is -0.503. The fourth-order valence-electron chi connectivity index (χ4n) is 4.42. The Morgan fingerprint density at radius 1 is 1.31 bits per heavy atom. The highest BCUT2D eigenvalue weighted by Gasteiger charge is 2.54. The van der Waals surface area contributed by atoms with Crippen molar-refractivity contribution in [2.75, 3.05) is 32.8 Å². The molecular formula is C20H26N4O4S. The maximum Gasteiger partial charge on any atom is 0.292 e. The second-order valence-electron chi connectivity index (χ2n) is 8.62. The van der Waals surface area contributed by atoms with Crippen LogP contribution in [0.5, 0.6) is 0 Å². The molecule has 0 spiro atoms. The maximum absolute atomic E-state index is 12.9. The van der Waals surface area contributed by atoms with Crippen molar-refractivity contribution in [3.63, 3.8) is 0 Å². The monoisotopic (exact) mass is 418 g/mol. The molecule has 1 N–H and O–H groups in total. The number of aliphatic hydroxyl groups excluding tert-OH is 1. The lowest BCUT2D eigenvalue weighted by atomic mass is 9.82. The number of amides is 2. The zero-order valence-electron chi connectivity index (χ0n) is 16.9. The first-order chi connectivity index (χ1) is 13.8. The van der Waals surface area contributed by atoms with E-state index >= 15 is 0 Å². The van der Waals surface area contributed by atoms with Crippen LogP contribution in [0.3, 0.4) is 0 Å². The summed E-state index contributed by atoms with van der Waals surface area (Å²) in [7, 11) is 0. The maximum atomic E-state index is 12.9. The van der Waals surface area contributed by atoms with Crippen molar-refractivity contribution in [1.82, 2.24) is 19.9 Å². The van der Waals surface area contributed by atoms with Gasteiger partial charge < -0.3 is 19.4 Å². The average molecular weight is 419 g/mol. The Bertz CT molecular complexity index is 923. The van der Waals surface area contributed by atoms with Gasteiger partial charge in [-0.25, -0.2) is 4.98 Å². The minimum absolute atomic E-state index is 0.0261. The molecule has 156 valence electrons. The number of carbonyl (C=O) groups excluding carboxylic acids is 2. The highest BCUT2D eigenvalue weighted by atomic mass is 32.1. The van der Waals surface area contributed by atoms with E-state index in [-0.39, 0.29) is 30.1 Å². The van der Waals surface area contributed by atoms with E-state index in [1.165, 1.54) is 11.3 Å². The van der Waals surface area contributed by atoms with Crippen molar-refractivity contribution in [3.8, 4) is 0 Å². The molecule has 0 aliphatic carbocycles. The molecule has 0 saturated carbocycles. The van der Waals surface area contributed by atoms with Gasteiger partial charge >= 0.3 is 0 Å². The van der Waals surface area contributed by atoms with Crippen molar-refractivity contribution in [2.45, 2.75) is 27.2 Å². The van der Waals surface area contributed by atoms with E-state index in [0.717, 1.165) is 17.1 Å². The Morgan fingerprint density at radius 3 is 2.55 bits per heavy atom. The second-order valence-corrected chi connectivity index (χ2v) is 9.68. The first-order valence-electron chi connectivity index (χ1n) is 9.88. The fourth-order valence-corrected chi connectivity index (χ4v) is 5.01. The lowest BCUT2D eigenvalue weighted by molar-refractivity contribution is 0.0642. The van der Waals surface area contributed by atoms with Crippen molar-refractivity contribution < 1.29 is 19.2 Å². The molecule has 2 aromatic rings. The summed E-state index contributed by atoms with van der Waals surface area (Å²) in [5.74, 6) is 0.375. The number of carbonyl (C=O) groups is 2. The van der Waals surface area contributed by atoms with Crippen LogP contribution in [-0.2, 0) is 6.42 Å². The van der Waals surface area contributed by atoms with Gasteiger partial charge in [-0.3, -0.25) is 9.59 Å². The summed E-state index contributed by atoms with van der Waals surface area (Å²) < 4.78 is 5.27. The van der Waals surface area contributed by atoms with Gasteiger partial charge in [0.2, 0.25) is 5.76 Å². The van der Waals surface area contributed by atoms with Crippen molar-refractivity contribution >= 4 is 23.2 Å². The summed E-state index contributed by atoms with van der Waals surface area (Å²) in [4.78, 5) is 33.4. The van der Waals surface area contributed by atoms with Crippen LogP contribution in [0.2, 0.25) is 0 Å². The molecule has 2 unspecified atom stereocenters. The zero-order chi connectivity index (χ0) is 20.8. The van der Waals surface area contributed by atoms with Crippen LogP contribution in [-0.4, -0.2) is 69.6 Å². The van der Waals surface area contributed by atoms with Gasteiger partial charge in [-0.05, 0) is 19.3 Å². The Labute approximate surface area is 173 Å². The molecule has 8 nitrogen and oxygen atoms in total. The van der Waals surface area contributed by atoms with Crippen LogP contribution in [0.25, 0.3) is 0 Å². The summed E-state index contributed by atoms with van der Waals surface area (Å²) in [6.45, 7) is 7.78. The standard InChI is InChI=1S/C20H26N4O4S/c1-12(2)4-15-5-17(28-22-15)19(27)24-7-14-6-23(9-20(14,10-24)11-25)18(26)16-8-29-13(3)21-16/h5,8,12,14,25H,4,6-7,9-11H2,1-3H3. The molecule has 2 amide bonds. The Kier molecular flexibility index (Phi) is 5.20. The van der Waals surface area contributed by atoms with Gasteiger partial charge in [0.25, 0.3) is 11.8 Å². The van der Waals surface area contributed by atoms with Crippen molar-refractivity contribution in [1.29, 1.82) is 0 Å². The number of thiazole rings is 1. The molecule has 0 aromatic carbocycles. The molecule has 2 saturated heterocycles. The summed E-state index contributed by atoms with van der Waals surface area (Å²) in [6.07, 6.45) is 0.757. The van der Waals surface area contributed by atoms with E-state index in [1.54, 1.807) is 21.2 Å². The Hall–Kier alpha value is -2.26. The summed E-state index contributed by atoms with van der Waals surface area (Å²) in [5.41, 5.74) is 0.722. The van der Waals surface area contributed by atoms with Gasteiger partial charge in [-0.2, -0.15) is 0 Å². The summed E-state index contributed by atoms with van der Waals surface area (Å²) >= 11 is 1.45. The number of likely N-dealkylation sites (tertiary alicyclic amines) is 2. The van der Waals surface area contributed by atoms with Gasteiger partial charge in [0, 0.05) is 49.0 Å². The highest BCUT2D eigenvalue weighted by Crippen LogP contribution is 2.43. The van der Waals surface area contributed by atoms with Gasteiger partial charge in [0.1, 0.15) is 5.69 Å². The molecule has 4 rings (SSSR count). The molecule has 2 aliphatic heterocycles. The highest BCUT2D eigenvalue weighted by molar-refractivity contribution is 7.09. The fraction of sp³-hybridized carbons (Fsp3) is 0.600. The number of aliphatic hydroxyl groups is 1. The van der Waals surface area contributed by atoms with E-state index in [0.29, 0.717) is 37.8 Å². The van der Waals surface area contributed by atoms with Gasteiger partial charge in [-0.15, -0.1) is 11.3 Å². The normalized spacial score (nSPS) is 23.8. The van der Waals surface area contributed by atoms with Crippen LogP contribution >= 0.6 is 11.3 Å². The number of rotatable bonds is 5. The number of aromatic nitrogens is 2. The van der Waals surface area contributed by atoms with Crippen LogP contribution in [0.15, 0.2) is 16.0 Å². The van der Waals surface area contributed by atoms with E-state index < -0.39 is 5.41 Å². The average Bonchev–Trinajstić information content (AvgIpc) is 3.42. The lowest BCUT2D eigenvalue weighted by Crippen LogP contribution is -2.40. The smallest absolute Gasteiger partial charge is 0.292 e. The quantitative estimate of drug-likeness (QED) is 0.795. The summed E-state index contributed by atoms with van der Waals surface area (Å²) in [5, 5.41) is 16.8. The van der Waals surface area contributed by atoms with E-state index in [2.05, 4.69) is 24.0 Å². The van der Waals surface area contributed by atoms with E-state index in [1.807, 2.05) is 6.92 Å². The molecule has 2 fully saturated rings. The molecule has 9 heteroatoms. The molecule has 29 heavy (non-hydrogen) atoms. The number of aryl methyl sites for hydroxylation is 1. The third-order valence-corrected chi connectivity index (χ3v) is 6.65. The zero-order valence-corrected chi connectivity index (χ0v) is 17.7. The largest absolute Gasteiger partial charge is 0.396 e. The first-order valence-corrected chi connectivity index (χ1v) is 10.8. The second kappa shape index (κ2) is 7.53. The van der Waals surface area contributed by atoms with Crippen molar-refractivity contribution in [2.24, 2.45) is 17.3 Å². The minimum Gasteiger partial charge on any atom is -0.396 e. The number of hydrogen-bond donors (Lipinski definition) is 1. The first kappa shape index (κ1) is 20.0. The van der Waals surface area contributed by atoms with Gasteiger partial charge in [0.05, 0.1) is 17.3 Å². The number of hydrogen-bond acceptors (Lipinski definition) is 7. The third kappa shape index (κ3) is 3.69. The van der Waals surface area contributed by atoms with E-state index in [9.17, 15) is 14.7 Å². The lowest BCUT2D eigenvalue weighted by Gasteiger charge is -2.26. The molecule has 0 radical (unpaired) electrons. The summed E-state index contributed by atoms with van der Waals surface area (Å²) in [6, 6.07) is 1.71. The number of nitrogens with zero attached hydrogens (tertiary/aromatic N) is 4. The van der Waals surface area contributed by atoms with Crippen LogP contribution in [0.4, 0.5) is 0 Å². The van der Waals surface area contributed by atoms with Crippen molar-refractivity contribution in [3.05, 3.63) is 33.6 Å². The number of fused-ring (bicyclic) bond motifs is 1. The molecular weight excluding hydrogens is 392 g/mol. The van der Waals surface area contributed by atoms with Crippen LogP contribution in [0.1, 0.15) is 45.6 Å². The third-order valence-electron chi connectivity index (χ3n) is 5.87. The topological polar surface area (TPSA) is 99.8 Å². The molecule has 0 bridgehead atoms. The predicted octanol–water partition coefficient (Wildman–Crippen LogP) is 1.84. The van der Waals surface area contributed by atoms with Crippen LogP contribution in [0, 0.1) is 24.2 Å². The van der Waals surface area contributed by atoms with Gasteiger partial charge in [0.15, 0.2) is 0 Å². The molecule has 2 aromatic heterocycles. The van der Waals surface area contributed by atoms with Gasteiger partial charge in [-0.1, -0.05) is 19.0 Å². The Balaban J connectivity index is 1.45. The van der Waals surface area contributed by atoms with E-state index in [4.69, 9.17) is 4.52 Å².